The largest absolute Gasteiger partial charge is 0.452 e. The number of fused-ring (bicyclic) bond motifs is 1. The zero-order chi connectivity index (χ0) is 22.5. The molecule has 0 bridgehead atoms. The summed E-state index contributed by atoms with van der Waals surface area (Å²) in [4.78, 5) is 27.0. The number of nitrogens with one attached hydrogen (secondary N) is 1. The number of halogens is 1. The quantitative estimate of drug-likeness (QED) is 0.389. The summed E-state index contributed by atoms with van der Waals surface area (Å²) in [7, 11) is 0. The molecule has 0 aliphatic heterocycles. The van der Waals surface area contributed by atoms with E-state index in [0.29, 0.717) is 21.0 Å². The maximum Gasteiger partial charge on any atom is 0.340 e. The summed E-state index contributed by atoms with van der Waals surface area (Å²) in [6.07, 6.45) is 5.48. The van der Waals surface area contributed by atoms with Crippen LogP contribution in [0.25, 0.3) is 11.6 Å². The van der Waals surface area contributed by atoms with E-state index >= 15 is 0 Å². The van der Waals surface area contributed by atoms with E-state index in [1.807, 2.05) is 5.38 Å². The van der Waals surface area contributed by atoms with Crippen LogP contribution in [-0.4, -0.2) is 18.5 Å². The van der Waals surface area contributed by atoms with Crippen LogP contribution >= 0.6 is 22.7 Å². The minimum absolute atomic E-state index is 0.281. The van der Waals surface area contributed by atoms with E-state index in [1.165, 1.54) is 34.8 Å². The fraction of sp³-hybridized carbons (Fsp3) is 0.208. The molecule has 32 heavy (non-hydrogen) atoms. The Morgan fingerprint density at radius 3 is 2.69 bits per heavy atom. The molecular weight excluding hydrogens is 447 g/mol. The minimum Gasteiger partial charge on any atom is -0.452 e. The summed E-state index contributed by atoms with van der Waals surface area (Å²) in [6, 6.07) is 11.5. The number of carbonyl (C=O) groups excluding carboxylic acids is 2. The van der Waals surface area contributed by atoms with Crippen LogP contribution in [0.3, 0.4) is 0 Å². The monoisotopic (exact) mass is 466 g/mol. The SMILES string of the molecule is N#Cc1c(NC(=O)COC(=O)C(=Cc2ccc(F)cc2)c2cccs2)sc2c1CCCC2. The van der Waals surface area contributed by atoms with Gasteiger partial charge in [-0.15, -0.1) is 22.7 Å². The molecular formula is C24H19FN2O3S2. The predicted octanol–water partition coefficient (Wildman–Crippen LogP) is 5.42. The van der Waals surface area contributed by atoms with Gasteiger partial charge in [-0.3, -0.25) is 4.79 Å². The second-order valence-corrected chi connectivity index (χ2v) is 9.29. The minimum atomic E-state index is -0.655. The smallest absolute Gasteiger partial charge is 0.340 e. The van der Waals surface area contributed by atoms with Crippen LogP contribution in [0.5, 0.6) is 0 Å². The second-order valence-electron chi connectivity index (χ2n) is 7.24. The molecule has 3 aromatic rings. The lowest BCUT2D eigenvalue weighted by Crippen LogP contribution is -2.21. The average Bonchev–Trinajstić information content (AvgIpc) is 3.44. The maximum absolute atomic E-state index is 13.2. The first kappa shape index (κ1) is 21.9. The van der Waals surface area contributed by atoms with E-state index in [0.717, 1.165) is 36.1 Å². The van der Waals surface area contributed by atoms with Gasteiger partial charge in [-0.05, 0) is 66.5 Å². The molecule has 1 aliphatic carbocycles. The molecule has 2 aromatic heterocycles. The van der Waals surface area contributed by atoms with Crippen molar-refractivity contribution in [2.24, 2.45) is 0 Å². The Bertz CT molecular complexity index is 1210. The van der Waals surface area contributed by atoms with Crippen LogP contribution in [0.15, 0.2) is 41.8 Å². The van der Waals surface area contributed by atoms with Gasteiger partial charge in [0.1, 0.15) is 16.9 Å². The van der Waals surface area contributed by atoms with Crippen molar-refractivity contribution in [3.63, 3.8) is 0 Å². The molecule has 1 aromatic carbocycles. The molecule has 0 radical (unpaired) electrons. The molecule has 0 saturated heterocycles. The predicted molar refractivity (Wildman–Crippen MR) is 124 cm³/mol. The van der Waals surface area contributed by atoms with E-state index in [4.69, 9.17) is 4.74 Å². The third-order valence-electron chi connectivity index (χ3n) is 5.06. The standard InChI is InChI=1S/C24H19FN2O3S2/c25-16-9-7-15(8-10-16)12-18(20-6-3-11-31-20)24(29)30-14-22(28)27-23-19(13-26)17-4-1-2-5-21(17)32-23/h3,6-12H,1-2,4-5,14H2,(H,27,28). The Hall–Kier alpha value is -3.28. The molecule has 1 amide bonds. The summed E-state index contributed by atoms with van der Waals surface area (Å²) < 4.78 is 18.5. The highest BCUT2D eigenvalue weighted by Gasteiger charge is 2.22. The number of thiophene rings is 2. The topological polar surface area (TPSA) is 79.2 Å². The molecule has 1 aliphatic rings. The zero-order valence-corrected chi connectivity index (χ0v) is 18.7. The van der Waals surface area contributed by atoms with Gasteiger partial charge in [-0.2, -0.15) is 5.26 Å². The molecule has 4 rings (SSSR count). The van der Waals surface area contributed by atoms with Crippen molar-refractivity contribution in [1.29, 1.82) is 5.26 Å². The van der Waals surface area contributed by atoms with Gasteiger partial charge in [0.05, 0.1) is 11.1 Å². The van der Waals surface area contributed by atoms with Crippen LogP contribution < -0.4 is 5.32 Å². The Balaban J connectivity index is 1.46. The van der Waals surface area contributed by atoms with Crippen molar-refractivity contribution in [2.75, 3.05) is 11.9 Å². The highest BCUT2D eigenvalue weighted by molar-refractivity contribution is 7.16. The normalized spacial score (nSPS) is 13.2. The fourth-order valence-corrected chi connectivity index (χ4v) is 5.52. The van der Waals surface area contributed by atoms with Crippen molar-refractivity contribution in [3.8, 4) is 6.07 Å². The highest BCUT2D eigenvalue weighted by Crippen LogP contribution is 2.37. The molecule has 0 fully saturated rings. The summed E-state index contributed by atoms with van der Waals surface area (Å²) in [6.45, 7) is -0.474. The summed E-state index contributed by atoms with van der Waals surface area (Å²) in [5.41, 5.74) is 2.46. The Morgan fingerprint density at radius 2 is 1.97 bits per heavy atom. The molecule has 162 valence electrons. The zero-order valence-electron chi connectivity index (χ0n) is 17.0. The number of anilines is 1. The van der Waals surface area contributed by atoms with Gasteiger partial charge in [-0.1, -0.05) is 18.2 Å². The van der Waals surface area contributed by atoms with Gasteiger partial charge < -0.3 is 10.1 Å². The van der Waals surface area contributed by atoms with Crippen LogP contribution in [0.2, 0.25) is 0 Å². The van der Waals surface area contributed by atoms with Gasteiger partial charge in [0, 0.05) is 9.75 Å². The number of nitrogens with zero attached hydrogens (tertiary/aromatic N) is 1. The highest BCUT2D eigenvalue weighted by atomic mass is 32.1. The molecule has 0 saturated carbocycles. The van der Waals surface area contributed by atoms with Crippen molar-refractivity contribution >= 4 is 51.2 Å². The number of carbonyl (C=O) groups is 2. The van der Waals surface area contributed by atoms with Gasteiger partial charge in [0.15, 0.2) is 6.61 Å². The molecule has 0 atom stereocenters. The van der Waals surface area contributed by atoms with Crippen LogP contribution in [0, 0.1) is 17.1 Å². The van der Waals surface area contributed by atoms with Gasteiger partial charge in [0.2, 0.25) is 0 Å². The molecule has 1 N–H and O–H groups in total. The van der Waals surface area contributed by atoms with Gasteiger partial charge >= 0.3 is 5.97 Å². The van der Waals surface area contributed by atoms with Crippen molar-refractivity contribution in [2.45, 2.75) is 25.7 Å². The van der Waals surface area contributed by atoms with Gasteiger partial charge in [-0.25, -0.2) is 9.18 Å². The Kier molecular flexibility index (Phi) is 6.78. The number of aryl methyl sites for hydroxylation is 1. The van der Waals surface area contributed by atoms with E-state index in [1.54, 1.807) is 30.3 Å². The summed E-state index contributed by atoms with van der Waals surface area (Å²) in [5, 5.41) is 14.6. The Labute approximate surface area is 192 Å². The molecule has 0 unspecified atom stereocenters. The molecule has 2 heterocycles. The second kappa shape index (κ2) is 9.90. The number of nitriles is 1. The number of hydrogen-bond donors (Lipinski definition) is 1. The van der Waals surface area contributed by atoms with Crippen molar-refractivity contribution < 1.29 is 18.7 Å². The summed E-state index contributed by atoms with van der Waals surface area (Å²) >= 11 is 2.78. The lowest BCUT2D eigenvalue weighted by molar-refractivity contribution is -0.141. The van der Waals surface area contributed by atoms with E-state index in [2.05, 4.69) is 11.4 Å². The number of esters is 1. The first-order chi connectivity index (χ1) is 15.5. The number of rotatable bonds is 6. The van der Waals surface area contributed by atoms with Crippen LogP contribution in [-0.2, 0) is 27.2 Å². The lowest BCUT2D eigenvalue weighted by atomic mass is 9.96. The van der Waals surface area contributed by atoms with Crippen molar-refractivity contribution in [1.82, 2.24) is 0 Å². The molecule has 0 spiro atoms. The maximum atomic E-state index is 13.2. The van der Waals surface area contributed by atoms with Crippen LogP contribution in [0.1, 0.15) is 39.3 Å². The number of benzene rings is 1. The van der Waals surface area contributed by atoms with E-state index in [9.17, 15) is 19.2 Å². The van der Waals surface area contributed by atoms with Gasteiger partial charge in [0.25, 0.3) is 5.91 Å². The third-order valence-corrected chi connectivity index (χ3v) is 7.17. The first-order valence-electron chi connectivity index (χ1n) is 10.1. The summed E-state index contributed by atoms with van der Waals surface area (Å²) in [5.74, 6) is -1.52. The van der Waals surface area contributed by atoms with E-state index < -0.39 is 18.5 Å². The average molecular weight is 467 g/mol. The third kappa shape index (κ3) is 4.96. The van der Waals surface area contributed by atoms with Crippen molar-refractivity contribution in [3.05, 3.63) is 74.0 Å². The molecule has 8 heteroatoms. The number of ether oxygens (including phenoxy) is 1. The van der Waals surface area contributed by atoms with E-state index in [-0.39, 0.29) is 11.4 Å². The van der Waals surface area contributed by atoms with Crippen LogP contribution in [0.4, 0.5) is 9.39 Å². The fourth-order valence-electron chi connectivity index (χ4n) is 3.53. The number of hydrogen-bond acceptors (Lipinski definition) is 6. The number of amides is 1. The Morgan fingerprint density at radius 1 is 1.19 bits per heavy atom. The first-order valence-corrected chi connectivity index (χ1v) is 11.8. The lowest BCUT2D eigenvalue weighted by Gasteiger charge is -2.09. The molecule has 5 nitrogen and oxygen atoms in total.